The average molecular weight is 531 g/mol. The van der Waals surface area contributed by atoms with Crippen LogP contribution in [0.3, 0.4) is 0 Å². The molecule has 0 fully saturated rings. The van der Waals surface area contributed by atoms with E-state index >= 15 is 0 Å². The van der Waals surface area contributed by atoms with Gasteiger partial charge in [0.05, 0.1) is 6.42 Å². The summed E-state index contributed by atoms with van der Waals surface area (Å²) in [6.07, 6.45) is -0.0395. The van der Waals surface area contributed by atoms with Crippen molar-refractivity contribution in [3.63, 3.8) is 0 Å². The van der Waals surface area contributed by atoms with Gasteiger partial charge >= 0.3 is 10.3 Å². The maximum absolute atomic E-state index is 13.1. The summed E-state index contributed by atoms with van der Waals surface area (Å²) in [5.41, 5.74) is 12.5. The molecule has 2 aromatic rings. The predicted molar refractivity (Wildman–Crippen MR) is 153 cm³/mol. The molecule has 206 valence electrons. The third kappa shape index (κ3) is 7.81. The van der Waals surface area contributed by atoms with E-state index in [4.69, 9.17) is 9.92 Å². The van der Waals surface area contributed by atoms with E-state index in [9.17, 15) is 13.2 Å². The molecule has 2 rings (SSSR count). The van der Waals surface area contributed by atoms with Gasteiger partial charge in [0.1, 0.15) is 0 Å². The average Bonchev–Trinajstić information content (AvgIpc) is 2.77. The second-order valence-corrected chi connectivity index (χ2v) is 12.8. The number of nitrogens with one attached hydrogen (secondary N) is 1. The molecular weight excluding hydrogens is 484 g/mol. The molecule has 0 aromatic heterocycles. The summed E-state index contributed by atoms with van der Waals surface area (Å²) in [6, 6.07) is 8.06. The Labute approximate surface area is 224 Å². The van der Waals surface area contributed by atoms with Crippen LogP contribution in [0.5, 0.6) is 5.75 Å². The summed E-state index contributed by atoms with van der Waals surface area (Å²) in [5, 5.41) is 0. The Kier molecular flexibility index (Phi) is 10.4. The minimum Gasteiger partial charge on any atom is -0.366 e. The number of hydrogen-bond donors (Lipinski definition) is 2. The zero-order chi connectivity index (χ0) is 28.2. The fourth-order valence-electron chi connectivity index (χ4n) is 4.59. The van der Waals surface area contributed by atoms with Crippen molar-refractivity contribution in [2.45, 2.75) is 112 Å². The number of carbonyl (C=O) groups is 1. The molecular formula is C30H46N2O4S. The normalized spacial score (nSPS) is 12.3. The van der Waals surface area contributed by atoms with Gasteiger partial charge in [-0.1, -0.05) is 93.5 Å². The lowest BCUT2D eigenvalue weighted by molar-refractivity contribution is -0.118. The van der Waals surface area contributed by atoms with Crippen LogP contribution in [0.4, 0.5) is 0 Å². The molecule has 0 saturated carbocycles. The minimum absolute atomic E-state index is 0.00609. The lowest BCUT2D eigenvalue weighted by atomic mass is 9.83. The molecule has 0 heterocycles. The van der Waals surface area contributed by atoms with E-state index in [0.717, 1.165) is 33.4 Å². The Hall–Kier alpha value is -2.38. The van der Waals surface area contributed by atoms with Crippen LogP contribution >= 0.6 is 0 Å². The molecule has 6 nitrogen and oxygen atoms in total. The van der Waals surface area contributed by atoms with Gasteiger partial charge in [0.25, 0.3) is 0 Å². The van der Waals surface area contributed by atoms with E-state index < -0.39 is 16.2 Å². The summed E-state index contributed by atoms with van der Waals surface area (Å²) < 4.78 is 34.0. The highest BCUT2D eigenvalue weighted by Gasteiger charge is 2.26. The molecule has 0 bridgehead atoms. The summed E-state index contributed by atoms with van der Waals surface area (Å²) in [7, 11) is -4.40. The lowest BCUT2D eigenvalue weighted by Gasteiger charge is -2.23. The van der Waals surface area contributed by atoms with Crippen LogP contribution in [0.15, 0.2) is 24.3 Å². The van der Waals surface area contributed by atoms with E-state index in [2.05, 4.69) is 58.4 Å². The Morgan fingerprint density at radius 1 is 0.757 bits per heavy atom. The first kappa shape index (κ1) is 30.8. The van der Waals surface area contributed by atoms with Crippen molar-refractivity contribution >= 4 is 16.2 Å². The molecule has 0 spiro atoms. The number of rotatable bonds is 11. The summed E-state index contributed by atoms with van der Waals surface area (Å²) in [5.74, 6) is 0.400. The van der Waals surface area contributed by atoms with Crippen molar-refractivity contribution in [3.8, 4) is 5.75 Å². The van der Waals surface area contributed by atoms with Gasteiger partial charge in [-0.2, -0.15) is 8.42 Å². The first-order valence-electron chi connectivity index (χ1n) is 13.4. The standard InChI is InChI=1S/C30H46N2O4S/c1-17(2)23-13-24(18(3)4)28(25(14-23)19(5)6)15-29(33)32-37(34,35)36-30-26(20(7)8)11-22(16-31)12-27(30)21(9)10/h11-14,17-21H,15-16,31H2,1-10H3,(H,32,33). The summed E-state index contributed by atoms with van der Waals surface area (Å²) >= 11 is 0. The Bertz CT molecular complexity index is 1150. The third-order valence-corrected chi connectivity index (χ3v) is 7.57. The van der Waals surface area contributed by atoms with Crippen LogP contribution in [-0.4, -0.2) is 14.3 Å². The predicted octanol–water partition coefficient (Wildman–Crippen LogP) is 6.74. The van der Waals surface area contributed by atoms with Gasteiger partial charge in [0.2, 0.25) is 5.91 Å². The van der Waals surface area contributed by atoms with Crippen LogP contribution in [0.2, 0.25) is 0 Å². The monoisotopic (exact) mass is 530 g/mol. The highest BCUT2D eigenvalue weighted by atomic mass is 32.2. The van der Waals surface area contributed by atoms with Gasteiger partial charge in [-0.15, -0.1) is 0 Å². The second-order valence-electron chi connectivity index (χ2n) is 11.5. The lowest BCUT2D eigenvalue weighted by Crippen LogP contribution is -2.36. The SMILES string of the molecule is CC(C)c1cc(C(C)C)c(CC(=O)NS(=O)(=O)Oc2c(C(C)C)cc(CN)cc2C(C)C)c(C(C)C)c1. The van der Waals surface area contributed by atoms with Gasteiger partial charge in [0.15, 0.2) is 5.75 Å². The van der Waals surface area contributed by atoms with Gasteiger partial charge in [-0.3, -0.25) is 4.79 Å². The molecule has 2 aromatic carbocycles. The fraction of sp³-hybridized carbons (Fsp3) is 0.567. The first-order chi connectivity index (χ1) is 17.1. The number of carbonyl (C=O) groups excluding carboxylic acids is 1. The second kappa shape index (κ2) is 12.4. The van der Waals surface area contributed by atoms with Gasteiger partial charge < -0.3 is 9.92 Å². The van der Waals surface area contributed by atoms with E-state index in [1.54, 1.807) is 0 Å². The molecule has 0 aliphatic heterocycles. The highest BCUT2D eigenvalue weighted by Crippen LogP contribution is 2.37. The molecule has 0 aliphatic carbocycles. The van der Waals surface area contributed by atoms with Gasteiger partial charge in [-0.05, 0) is 68.5 Å². The maximum atomic E-state index is 13.1. The number of hydrogen-bond acceptors (Lipinski definition) is 5. The smallest absolute Gasteiger partial charge is 0.366 e. The quantitative estimate of drug-likeness (QED) is 0.335. The van der Waals surface area contributed by atoms with Crippen molar-refractivity contribution in [1.82, 2.24) is 4.72 Å². The molecule has 0 saturated heterocycles. The van der Waals surface area contributed by atoms with Crippen molar-refractivity contribution in [1.29, 1.82) is 0 Å². The zero-order valence-electron chi connectivity index (χ0n) is 24.2. The number of benzene rings is 2. The molecule has 0 radical (unpaired) electrons. The zero-order valence-corrected chi connectivity index (χ0v) is 25.0. The van der Waals surface area contributed by atoms with Crippen molar-refractivity contribution in [2.75, 3.05) is 0 Å². The van der Waals surface area contributed by atoms with E-state index in [0.29, 0.717) is 12.5 Å². The molecule has 3 N–H and O–H groups in total. The summed E-state index contributed by atoms with van der Waals surface area (Å²) in [6.45, 7) is 20.9. The van der Waals surface area contributed by atoms with Crippen LogP contribution in [0.25, 0.3) is 0 Å². The van der Waals surface area contributed by atoms with Crippen molar-refractivity contribution in [2.24, 2.45) is 5.73 Å². The summed E-state index contributed by atoms with van der Waals surface area (Å²) in [4.78, 5) is 13.1. The Morgan fingerprint density at radius 2 is 1.19 bits per heavy atom. The molecule has 0 unspecified atom stereocenters. The van der Waals surface area contributed by atoms with Gasteiger partial charge in [0, 0.05) is 6.54 Å². The number of amides is 1. The van der Waals surface area contributed by atoms with E-state index in [1.165, 1.54) is 5.56 Å². The molecule has 1 amide bonds. The largest absolute Gasteiger partial charge is 0.409 e. The Balaban J connectivity index is 2.45. The third-order valence-electron chi connectivity index (χ3n) is 6.71. The van der Waals surface area contributed by atoms with Crippen molar-refractivity contribution in [3.05, 3.63) is 63.2 Å². The minimum atomic E-state index is -4.40. The van der Waals surface area contributed by atoms with E-state index in [1.807, 2.05) is 39.8 Å². The topological polar surface area (TPSA) is 98.5 Å². The molecule has 0 atom stereocenters. The number of nitrogens with two attached hydrogens (primary N) is 1. The van der Waals surface area contributed by atoms with Crippen LogP contribution in [0.1, 0.15) is 138 Å². The van der Waals surface area contributed by atoms with Crippen LogP contribution in [0, 0.1) is 0 Å². The molecule has 7 heteroatoms. The fourth-order valence-corrected chi connectivity index (χ4v) is 5.39. The Morgan fingerprint density at radius 3 is 1.54 bits per heavy atom. The first-order valence-corrected chi connectivity index (χ1v) is 14.8. The highest BCUT2D eigenvalue weighted by molar-refractivity contribution is 7.85. The van der Waals surface area contributed by atoms with Gasteiger partial charge in [-0.25, -0.2) is 4.72 Å². The molecule has 37 heavy (non-hydrogen) atoms. The van der Waals surface area contributed by atoms with Crippen LogP contribution in [-0.2, 0) is 28.1 Å². The van der Waals surface area contributed by atoms with Crippen LogP contribution < -0.4 is 14.6 Å². The maximum Gasteiger partial charge on any atom is 0.409 e. The molecule has 0 aliphatic rings. The van der Waals surface area contributed by atoms with Crippen molar-refractivity contribution < 1.29 is 17.4 Å². The van der Waals surface area contributed by atoms with E-state index in [-0.39, 0.29) is 35.8 Å².